The Bertz CT molecular complexity index is 1670. The average molecular weight is 938 g/mol. The minimum atomic E-state index is -10.7. The van der Waals surface area contributed by atoms with Gasteiger partial charge in [0.25, 0.3) is 0 Å². The van der Waals surface area contributed by atoms with Gasteiger partial charge in [-0.1, -0.05) is 182 Å². The van der Waals surface area contributed by atoms with E-state index in [2.05, 4.69) is 182 Å². The molecule has 59 heavy (non-hydrogen) atoms. The Balaban J connectivity index is 0.000000512. The zero-order chi connectivity index (χ0) is 41.2. The predicted octanol–water partition coefficient (Wildman–Crippen LogP) is 13.0. The molecule has 311 valence electrons. The van der Waals surface area contributed by atoms with Crippen molar-refractivity contribution in [2.24, 2.45) is 0 Å². The van der Waals surface area contributed by atoms with Crippen LogP contribution in [0.5, 0.6) is 0 Å². The standard InChI is InChI=1S/C42H42P4.C5H5.F6P.Fe/c1-7-19-37(20-8-1)44(38-21-9-2-10-22-38)34-31-43(32-35-45(39-23-11-3-12-24-39)40-25-13-4-14-26-40)33-36-46(41-27-15-5-16-28-41)42-29-17-6-18-30-42;1-2-4-5-3-1;1-7(2,3,4,5)6;/h1-30H,31-36H2;1-5H;;/q;;-1;/p+1. The van der Waals surface area contributed by atoms with E-state index in [4.69, 9.17) is 0 Å². The molecule has 0 spiro atoms. The molecule has 6 aromatic carbocycles. The summed E-state index contributed by atoms with van der Waals surface area (Å²) in [5, 5.41) is 9.06. The van der Waals surface area contributed by atoms with Crippen molar-refractivity contribution in [2.75, 3.05) is 37.0 Å². The Morgan fingerprint density at radius 3 is 0.610 bits per heavy atom. The third kappa shape index (κ3) is 19.9. The first-order valence-corrected chi connectivity index (χ1v) is 27.7. The number of halogens is 6. The van der Waals surface area contributed by atoms with Gasteiger partial charge in [0, 0.05) is 43.5 Å². The molecule has 0 N–H and O–H groups in total. The third-order valence-electron chi connectivity index (χ3n) is 9.03. The Kier molecular flexibility index (Phi) is 19.8. The van der Waals surface area contributed by atoms with E-state index in [9.17, 15) is 25.2 Å². The molecule has 1 aliphatic carbocycles. The summed E-state index contributed by atoms with van der Waals surface area (Å²) in [6, 6.07) is 67.9. The van der Waals surface area contributed by atoms with Crippen LogP contribution in [-0.4, -0.2) is 37.0 Å². The number of hydrogen-bond acceptors (Lipinski definition) is 0. The molecule has 7 rings (SSSR count). The molecule has 0 nitrogen and oxygen atoms in total. The second kappa shape index (κ2) is 23.7. The quantitative estimate of drug-likeness (QED) is 0.0547. The Hall–Kier alpha value is -2.43. The second-order valence-electron chi connectivity index (χ2n) is 13.4. The van der Waals surface area contributed by atoms with Gasteiger partial charge in [0.1, 0.15) is 0 Å². The monoisotopic (exact) mass is 937 g/mol. The van der Waals surface area contributed by atoms with Gasteiger partial charge >= 0.3 is 33.0 Å². The first-order valence-electron chi connectivity index (χ1n) is 19.0. The molecule has 0 amide bonds. The smallest absolute Gasteiger partial charge is 0.0617 e. The van der Waals surface area contributed by atoms with Gasteiger partial charge in [-0.3, -0.25) is 0 Å². The van der Waals surface area contributed by atoms with Gasteiger partial charge in [-0.05, 0) is 87.7 Å². The molecule has 0 unspecified atom stereocenters. The predicted molar refractivity (Wildman–Crippen MR) is 250 cm³/mol. The maximum absolute atomic E-state index is 10.7. The summed E-state index contributed by atoms with van der Waals surface area (Å²) >= 11 is 0. The topological polar surface area (TPSA) is 0 Å². The van der Waals surface area contributed by atoms with Crippen LogP contribution in [0.1, 0.15) is 0 Å². The number of rotatable bonds is 15. The SMILES string of the molecule is F[P-](F)(F)(F)(F)F.[CH]1[CH][CH][CH][CH]1.[Fe].c1ccc(P(CC[PH+](CCP(c2ccccc2)c2ccccc2)CCP(c2ccccc2)c2ccccc2)c2ccccc2)cc1. The van der Waals surface area contributed by atoms with Crippen LogP contribution in [0.15, 0.2) is 182 Å². The summed E-state index contributed by atoms with van der Waals surface area (Å²) in [6.45, 7) is 0. The molecule has 1 aliphatic rings. The van der Waals surface area contributed by atoms with Crippen LogP contribution in [0.25, 0.3) is 0 Å². The van der Waals surface area contributed by atoms with E-state index >= 15 is 0 Å². The second-order valence-corrected chi connectivity index (χ2v) is 25.3. The summed E-state index contributed by atoms with van der Waals surface area (Å²) in [7, 11) is -12.4. The van der Waals surface area contributed by atoms with Crippen molar-refractivity contribution in [3.63, 3.8) is 0 Å². The van der Waals surface area contributed by atoms with Crippen LogP contribution < -0.4 is 31.8 Å². The Labute approximate surface area is 362 Å². The van der Waals surface area contributed by atoms with E-state index in [-0.39, 0.29) is 40.8 Å². The molecule has 0 atom stereocenters. The van der Waals surface area contributed by atoms with Gasteiger partial charge < -0.3 is 0 Å². The Morgan fingerprint density at radius 1 is 0.305 bits per heavy atom. The fourth-order valence-electron chi connectivity index (χ4n) is 6.37. The molecule has 1 fully saturated rings. The van der Waals surface area contributed by atoms with E-state index in [1.165, 1.54) is 68.8 Å². The van der Waals surface area contributed by atoms with Crippen molar-refractivity contribution in [3.8, 4) is 0 Å². The molecular formula is C47H48F6FeP5. The maximum Gasteiger partial charge on any atom is 0.0617 e. The van der Waals surface area contributed by atoms with Crippen LogP contribution >= 0.6 is 39.5 Å². The minimum Gasteiger partial charge on any atom is -0.0622 e. The van der Waals surface area contributed by atoms with Crippen LogP contribution in [0.3, 0.4) is 0 Å². The van der Waals surface area contributed by atoms with E-state index in [1.54, 1.807) is 0 Å². The van der Waals surface area contributed by atoms with E-state index < -0.39 is 15.7 Å². The van der Waals surface area contributed by atoms with Gasteiger partial charge in [-0.25, -0.2) is 0 Å². The van der Waals surface area contributed by atoms with E-state index in [0.29, 0.717) is 0 Å². The van der Waals surface area contributed by atoms with E-state index in [1.807, 2.05) is 32.1 Å². The van der Waals surface area contributed by atoms with Gasteiger partial charge in [0.05, 0.1) is 18.5 Å². The summed E-state index contributed by atoms with van der Waals surface area (Å²) in [6.07, 6.45) is 17.9. The van der Waals surface area contributed by atoms with E-state index in [0.717, 1.165) is 0 Å². The maximum atomic E-state index is 9.87. The van der Waals surface area contributed by atoms with Crippen molar-refractivity contribution in [2.45, 2.75) is 0 Å². The molecule has 0 saturated heterocycles. The van der Waals surface area contributed by atoms with Crippen LogP contribution in [0, 0.1) is 32.1 Å². The molecule has 1 saturated carbocycles. The third-order valence-corrected chi connectivity index (χ3v) is 20.7. The summed E-state index contributed by atoms with van der Waals surface area (Å²) in [5.74, 6) is 0. The van der Waals surface area contributed by atoms with Crippen molar-refractivity contribution in [1.29, 1.82) is 0 Å². The summed E-state index contributed by atoms with van der Waals surface area (Å²) in [5.41, 5.74) is 0. The Morgan fingerprint density at radius 2 is 0.458 bits per heavy atom. The molecule has 6 aromatic rings. The minimum absolute atomic E-state index is 0. The fourth-order valence-corrected chi connectivity index (χ4v) is 19.2. The van der Waals surface area contributed by atoms with Crippen molar-refractivity contribution < 1.29 is 42.3 Å². The largest absolute Gasteiger partial charge is 0.0622 e. The van der Waals surface area contributed by atoms with Crippen LogP contribution in [0.4, 0.5) is 25.2 Å². The van der Waals surface area contributed by atoms with Crippen LogP contribution in [0.2, 0.25) is 0 Å². The normalized spacial score (nSPS) is 13.7. The average Bonchev–Trinajstić information content (AvgIpc) is 3.83. The van der Waals surface area contributed by atoms with Crippen molar-refractivity contribution in [1.82, 2.24) is 0 Å². The molecule has 0 bridgehead atoms. The fraction of sp³-hybridized carbons (Fsp3) is 0.128. The summed E-state index contributed by atoms with van der Waals surface area (Å²) in [4.78, 5) is 0. The molecular weight excluding hydrogens is 889 g/mol. The first kappa shape index (κ1) is 49.2. The molecule has 0 heterocycles. The van der Waals surface area contributed by atoms with Crippen molar-refractivity contribution >= 4 is 71.3 Å². The van der Waals surface area contributed by atoms with Crippen LogP contribution in [-0.2, 0) is 17.1 Å². The van der Waals surface area contributed by atoms with Gasteiger partial charge in [-0.2, -0.15) is 0 Å². The van der Waals surface area contributed by atoms with Crippen molar-refractivity contribution in [3.05, 3.63) is 214 Å². The molecule has 12 heteroatoms. The zero-order valence-corrected chi connectivity index (χ0v) is 38.0. The number of benzene rings is 6. The number of hydrogen-bond donors (Lipinski definition) is 0. The molecule has 5 radical (unpaired) electrons. The van der Waals surface area contributed by atoms with Gasteiger partial charge in [0.15, 0.2) is 0 Å². The zero-order valence-electron chi connectivity index (χ0n) is 32.4. The van der Waals surface area contributed by atoms with Gasteiger partial charge in [-0.15, -0.1) is 0 Å². The summed E-state index contributed by atoms with van der Waals surface area (Å²) < 4.78 is 59.2. The molecule has 0 aliphatic heterocycles. The van der Waals surface area contributed by atoms with Gasteiger partial charge in [0.2, 0.25) is 0 Å². The first-order chi connectivity index (χ1) is 27.8. The molecule has 0 aromatic heterocycles.